The molecule has 1 unspecified atom stereocenters. The van der Waals surface area contributed by atoms with E-state index in [2.05, 4.69) is 35.5 Å². The molecule has 21 heteroatoms. The molecule has 6 aromatic rings. The van der Waals surface area contributed by atoms with Gasteiger partial charge in [0.25, 0.3) is 17.7 Å². The molecule has 0 saturated carbocycles. The summed E-state index contributed by atoms with van der Waals surface area (Å²) in [5, 5.41) is 12.4. The minimum absolute atomic E-state index is 0.0738. The van der Waals surface area contributed by atoms with E-state index in [0.29, 0.717) is 51.8 Å². The smallest absolute Gasteiger partial charge is 0.329 e. The molecule has 2 N–H and O–H groups in total. The number of fused-ring (bicyclic) bond motifs is 3. The van der Waals surface area contributed by atoms with Crippen LogP contribution < -0.4 is 20.4 Å². The molecule has 1 spiro atoms. The molecule has 12 rings (SSSR count). The van der Waals surface area contributed by atoms with Crippen LogP contribution in [0.15, 0.2) is 72.5 Å². The van der Waals surface area contributed by atoms with Crippen LogP contribution in [0.25, 0.3) is 22.0 Å². The fourth-order valence-electron chi connectivity index (χ4n) is 11.8. The Hall–Kier alpha value is -7.13. The van der Waals surface area contributed by atoms with Crippen LogP contribution >= 0.6 is 11.3 Å². The van der Waals surface area contributed by atoms with Gasteiger partial charge < -0.3 is 19.3 Å². The molecule has 6 aliphatic rings. The van der Waals surface area contributed by atoms with E-state index < -0.39 is 48.1 Å². The molecule has 6 amide bonds. The zero-order valence-electron chi connectivity index (χ0n) is 39.5. The number of nitrogens with one attached hydrogen (secondary N) is 2. The van der Waals surface area contributed by atoms with Gasteiger partial charge in [-0.15, -0.1) is 11.3 Å². The number of rotatable bonds is 10. The molecule has 0 bridgehead atoms. The molecule has 72 heavy (non-hydrogen) atoms. The third-order valence-corrected chi connectivity index (χ3v) is 16.4. The number of aromatic nitrogens is 5. The van der Waals surface area contributed by atoms with Crippen molar-refractivity contribution in [2.75, 3.05) is 67.5 Å². The van der Waals surface area contributed by atoms with Crippen molar-refractivity contribution in [2.45, 2.75) is 69.5 Å². The summed E-state index contributed by atoms with van der Waals surface area (Å²) in [4.78, 5) is 83.0. The Bertz CT molecular complexity index is 3180. The highest BCUT2D eigenvalue weighted by Crippen LogP contribution is 2.45. The highest BCUT2D eigenvalue weighted by atomic mass is 32.1. The van der Waals surface area contributed by atoms with Gasteiger partial charge in [-0.2, -0.15) is 5.10 Å². The van der Waals surface area contributed by atoms with Crippen LogP contribution in [0.4, 0.5) is 34.6 Å². The van der Waals surface area contributed by atoms with Crippen LogP contribution in [0.1, 0.15) is 76.9 Å². The number of carbonyl (C=O) groups excluding carboxylic acids is 5. The van der Waals surface area contributed by atoms with E-state index in [4.69, 9.17) is 0 Å². The number of anilines is 3. The molecule has 4 fully saturated rings. The van der Waals surface area contributed by atoms with Gasteiger partial charge in [0, 0.05) is 91.1 Å². The van der Waals surface area contributed by atoms with Gasteiger partial charge in [0.1, 0.15) is 5.82 Å². The second-order valence-electron chi connectivity index (χ2n) is 20.1. The fraction of sp³-hybridized carbons (Fsp3) is 0.412. The van der Waals surface area contributed by atoms with Crippen molar-refractivity contribution in [1.29, 1.82) is 0 Å². The van der Waals surface area contributed by atoms with Crippen molar-refractivity contribution in [3.63, 3.8) is 0 Å². The van der Waals surface area contributed by atoms with Crippen molar-refractivity contribution in [2.24, 2.45) is 12.5 Å². The summed E-state index contributed by atoms with van der Waals surface area (Å²) in [5.74, 6) is -5.97. The number of aryl methyl sites for hydroxylation is 2. The van der Waals surface area contributed by atoms with E-state index >= 15 is 13.2 Å². The van der Waals surface area contributed by atoms with Crippen molar-refractivity contribution in [3.8, 4) is 11.1 Å². The van der Waals surface area contributed by atoms with Gasteiger partial charge in [-0.05, 0) is 98.3 Å². The predicted molar refractivity (Wildman–Crippen MR) is 261 cm³/mol. The second kappa shape index (κ2) is 17.6. The summed E-state index contributed by atoms with van der Waals surface area (Å²) in [6, 6.07) is 14.4. The number of carbonyl (C=O) groups is 5. The summed E-state index contributed by atoms with van der Waals surface area (Å²) in [7, 11) is 1.69. The molecule has 3 aromatic carbocycles. The second-order valence-corrected chi connectivity index (χ2v) is 21.0. The molecule has 372 valence electrons. The van der Waals surface area contributed by atoms with Gasteiger partial charge in [0.15, 0.2) is 17.0 Å². The highest BCUT2D eigenvalue weighted by molar-refractivity contribution is 7.13. The maximum absolute atomic E-state index is 16.0. The lowest BCUT2D eigenvalue weighted by Gasteiger charge is -2.55. The number of urea groups is 1. The molecule has 4 saturated heterocycles. The van der Waals surface area contributed by atoms with Crippen LogP contribution in [-0.4, -0.2) is 127 Å². The Morgan fingerprint density at radius 3 is 2.49 bits per heavy atom. The SMILES string of the molecule is Cn1nc(N2CCC(=O)NC2=O)c2ccc([C@H]3CCN(C(=O)CN4CCC5(CC4)CN(c4ccc(-c6cc(F)c7c(c6)C(=O)N(C(C(=O)Nc6nccs6)c6ncn8c6CCC8)C7)cc4)C5)CC3(F)F)cc21. The van der Waals surface area contributed by atoms with Crippen LogP contribution in [0.5, 0.6) is 0 Å². The predicted octanol–water partition coefficient (Wildman–Crippen LogP) is 6.31. The number of alkyl halides is 2. The topological polar surface area (TPSA) is 174 Å². The van der Waals surface area contributed by atoms with E-state index in [1.54, 1.807) is 53.9 Å². The molecule has 2 atom stereocenters. The zero-order chi connectivity index (χ0) is 49.6. The van der Waals surface area contributed by atoms with Gasteiger partial charge in [-0.25, -0.2) is 27.9 Å². The largest absolute Gasteiger partial charge is 0.370 e. The van der Waals surface area contributed by atoms with Gasteiger partial charge in [-0.1, -0.05) is 18.2 Å². The third-order valence-electron chi connectivity index (χ3n) is 15.7. The number of thiazole rings is 1. The van der Waals surface area contributed by atoms with E-state index in [1.807, 2.05) is 28.8 Å². The summed E-state index contributed by atoms with van der Waals surface area (Å²) in [5.41, 5.74) is 5.29. The summed E-state index contributed by atoms with van der Waals surface area (Å²) < 4.78 is 51.5. The number of imidazole rings is 1. The minimum atomic E-state index is -3.16. The van der Waals surface area contributed by atoms with Crippen LogP contribution in [0, 0.1) is 11.2 Å². The first kappa shape index (κ1) is 46.0. The minimum Gasteiger partial charge on any atom is -0.370 e. The number of piperidine rings is 2. The molecule has 0 radical (unpaired) electrons. The molecule has 6 aliphatic heterocycles. The number of nitrogens with zero attached hydrogens (tertiary/aromatic N) is 10. The molecule has 3 aromatic heterocycles. The maximum atomic E-state index is 16.0. The van der Waals surface area contributed by atoms with E-state index in [0.717, 1.165) is 62.3 Å². The molecular weight excluding hydrogens is 950 g/mol. The summed E-state index contributed by atoms with van der Waals surface area (Å²) in [6.45, 7) is 3.56. The van der Waals surface area contributed by atoms with Crippen LogP contribution in [0.2, 0.25) is 0 Å². The number of imide groups is 1. The first-order valence-corrected chi connectivity index (χ1v) is 25.3. The summed E-state index contributed by atoms with van der Waals surface area (Å²) >= 11 is 1.27. The summed E-state index contributed by atoms with van der Waals surface area (Å²) in [6.07, 6.45) is 6.90. The Morgan fingerprint density at radius 2 is 1.74 bits per heavy atom. The standard InChI is InChI=1S/C51H51F3N12O5S/c1-60-40-23-31(6-9-34(40)45(59-60)65-17-11-41(67)57-49(65)71)37-10-16-62(28-51(37,53)54)42(68)25-61-18-12-50(13-19-61)26-64(27-50)33-7-4-30(5-8-33)32-21-35-36(38(52)22-32)24-66(47(35)70)44(46(69)58-48-55-14-20-72-48)43-39-3-2-15-63(39)29-56-43/h4-9,14,20-23,29,37,44H,2-3,10-13,15-19,24-28H2,1H3,(H,55,58,69)(H,57,67,71)/t37-,44?/m1/s1. The first-order valence-electron chi connectivity index (χ1n) is 24.4. The Morgan fingerprint density at radius 1 is 0.931 bits per heavy atom. The number of halogens is 3. The van der Waals surface area contributed by atoms with E-state index in [1.165, 1.54) is 32.1 Å². The lowest BCUT2D eigenvalue weighted by Crippen LogP contribution is -2.61. The van der Waals surface area contributed by atoms with Crippen LogP contribution in [-0.2, 0) is 40.9 Å². The molecular formula is C51H51F3N12O5S. The Balaban J connectivity index is 0.644. The number of likely N-dealkylation sites (tertiary alicyclic amines) is 2. The van der Waals surface area contributed by atoms with Crippen molar-refractivity contribution < 1.29 is 37.1 Å². The lowest BCUT2D eigenvalue weighted by atomic mass is 9.71. The highest BCUT2D eigenvalue weighted by Gasteiger charge is 2.49. The number of amides is 6. The van der Waals surface area contributed by atoms with Gasteiger partial charge in [-0.3, -0.25) is 44.3 Å². The van der Waals surface area contributed by atoms with Gasteiger partial charge >= 0.3 is 6.03 Å². The average molecular weight is 1000 g/mol. The normalized spacial score (nSPS) is 21.0. The van der Waals surface area contributed by atoms with Gasteiger partial charge in [0.05, 0.1) is 43.1 Å². The number of benzene rings is 3. The molecule has 9 heterocycles. The molecule has 0 aliphatic carbocycles. The fourth-order valence-corrected chi connectivity index (χ4v) is 12.3. The Kier molecular flexibility index (Phi) is 11.2. The zero-order valence-corrected chi connectivity index (χ0v) is 40.3. The van der Waals surface area contributed by atoms with E-state index in [9.17, 15) is 24.0 Å². The van der Waals surface area contributed by atoms with Gasteiger partial charge in [0.2, 0.25) is 11.8 Å². The molecule has 17 nitrogen and oxygen atoms in total. The van der Waals surface area contributed by atoms with E-state index in [-0.39, 0.29) is 67.4 Å². The average Bonchev–Trinajstić information content (AvgIpc) is 4.21. The van der Waals surface area contributed by atoms with Crippen molar-refractivity contribution >= 4 is 68.5 Å². The Labute approximate surface area is 415 Å². The van der Waals surface area contributed by atoms with Crippen molar-refractivity contribution in [1.82, 2.24) is 44.3 Å². The maximum Gasteiger partial charge on any atom is 0.329 e. The monoisotopic (exact) mass is 1000 g/mol. The number of hydrogen-bond acceptors (Lipinski definition) is 11. The van der Waals surface area contributed by atoms with Crippen molar-refractivity contribution in [3.05, 3.63) is 106 Å². The quantitative estimate of drug-likeness (QED) is 0.158. The van der Waals surface area contributed by atoms with Crippen LogP contribution in [0.3, 0.4) is 0 Å². The third kappa shape index (κ3) is 8.05. The lowest BCUT2D eigenvalue weighted by molar-refractivity contribution is -0.146. The number of hydrogen-bond donors (Lipinski definition) is 2. The first-order chi connectivity index (χ1) is 34.7.